The number of carboxylic acid groups (broad SMARTS) is 1. The topological polar surface area (TPSA) is 86.6 Å². The van der Waals surface area contributed by atoms with E-state index in [-0.39, 0.29) is 5.91 Å². The Bertz CT molecular complexity index is 193. The predicted molar refractivity (Wildman–Crippen MR) is 50.8 cm³/mol. The van der Waals surface area contributed by atoms with Gasteiger partial charge in [0.1, 0.15) is 6.04 Å². The summed E-state index contributed by atoms with van der Waals surface area (Å²) in [5.41, 5.74) is 0. The van der Waals surface area contributed by atoms with E-state index in [0.29, 0.717) is 6.42 Å². The second-order valence-corrected chi connectivity index (χ2v) is 3.10. The van der Waals surface area contributed by atoms with Gasteiger partial charge in [-0.25, -0.2) is 4.79 Å². The van der Waals surface area contributed by atoms with Gasteiger partial charge in [0, 0.05) is 6.42 Å². The molecule has 82 valence electrons. The molecule has 0 aromatic carbocycles. The van der Waals surface area contributed by atoms with Crippen molar-refractivity contribution in [2.45, 2.75) is 38.6 Å². The number of aliphatic hydroxyl groups is 1. The van der Waals surface area contributed by atoms with Crippen molar-refractivity contribution < 1.29 is 19.8 Å². The first-order chi connectivity index (χ1) is 6.61. The molecule has 0 aliphatic carbocycles. The van der Waals surface area contributed by atoms with Crippen LogP contribution in [0.2, 0.25) is 0 Å². The van der Waals surface area contributed by atoms with Crippen LogP contribution >= 0.6 is 0 Å². The SMILES string of the molecule is CCCCCC(=O)NC(CO)C(=O)O. The number of carbonyl (C=O) groups is 2. The molecule has 0 bridgehead atoms. The molecule has 3 N–H and O–H groups in total. The van der Waals surface area contributed by atoms with E-state index in [1.165, 1.54) is 0 Å². The standard InChI is InChI=1S/C9H17NO4/c1-2-3-4-5-8(12)10-7(6-11)9(13)14/h7,11H,2-6H2,1H3,(H,10,12)(H,13,14). The number of hydrogen-bond acceptors (Lipinski definition) is 3. The minimum Gasteiger partial charge on any atom is -0.480 e. The molecule has 0 rings (SSSR count). The van der Waals surface area contributed by atoms with Crippen LogP contribution in [0.5, 0.6) is 0 Å². The highest BCUT2D eigenvalue weighted by molar-refractivity contribution is 5.83. The molecule has 0 aliphatic rings. The van der Waals surface area contributed by atoms with Gasteiger partial charge < -0.3 is 15.5 Å². The average Bonchev–Trinajstić information content (AvgIpc) is 2.14. The average molecular weight is 203 g/mol. The molecule has 1 amide bonds. The number of rotatable bonds is 7. The Kier molecular flexibility index (Phi) is 6.74. The zero-order valence-electron chi connectivity index (χ0n) is 8.32. The van der Waals surface area contributed by atoms with Crippen LogP contribution < -0.4 is 5.32 Å². The minimum atomic E-state index is -1.21. The van der Waals surface area contributed by atoms with Crippen LogP contribution in [0.4, 0.5) is 0 Å². The maximum absolute atomic E-state index is 11.1. The Morgan fingerprint density at radius 2 is 2.00 bits per heavy atom. The molecule has 0 aromatic heterocycles. The van der Waals surface area contributed by atoms with Crippen molar-refractivity contribution in [2.75, 3.05) is 6.61 Å². The van der Waals surface area contributed by atoms with Crippen molar-refractivity contribution in [3.05, 3.63) is 0 Å². The van der Waals surface area contributed by atoms with Gasteiger partial charge in [0.15, 0.2) is 0 Å². The maximum atomic E-state index is 11.1. The fraction of sp³-hybridized carbons (Fsp3) is 0.778. The van der Waals surface area contributed by atoms with E-state index in [1.54, 1.807) is 0 Å². The summed E-state index contributed by atoms with van der Waals surface area (Å²) in [5.74, 6) is -1.53. The molecule has 5 heteroatoms. The molecule has 0 fully saturated rings. The van der Waals surface area contributed by atoms with Crippen LogP contribution in [0.1, 0.15) is 32.6 Å². The van der Waals surface area contributed by atoms with Crippen LogP contribution in [0.3, 0.4) is 0 Å². The lowest BCUT2D eigenvalue weighted by Gasteiger charge is -2.10. The summed E-state index contributed by atoms with van der Waals surface area (Å²) < 4.78 is 0. The minimum absolute atomic E-state index is 0.317. The Morgan fingerprint density at radius 1 is 1.36 bits per heavy atom. The Hall–Kier alpha value is -1.10. The summed E-state index contributed by atoms with van der Waals surface area (Å²) in [7, 11) is 0. The van der Waals surface area contributed by atoms with Crippen molar-refractivity contribution in [1.82, 2.24) is 5.32 Å². The number of hydrogen-bond donors (Lipinski definition) is 3. The van der Waals surface area contributed by atoms with Crippen molar-refractivity contribution >= 4 is 11.9 Å². The highest BCUT2D eigenvalue weighted by atomic mass is 16.4. The van der Waals surface area contributed by atoms with E-state index in [9.17, 15) is 9.59 Å². The van der Waals surface area contributed by atoms with E-state index in [4.69, 9.17) is 10.2 Å². The normalized spacial score (nSPS) is 12.1. The number of amides is 1. The molecule has 0 saturated heterocycles. The molecule has 0 aliphatic heterocycles. The summed E-state index contributed by atoms with van der Waals surface area (Å²) in [6.45, 7) is 1.44. The number of nitrogens with one attached hydrogen (secondary N) is 1. The molecule has 0 spiro atoms. The third-order valence-electron chi connectivity index (χ3n) is 1.82. The van der Waals surface area contributed by atoms with Crippen molar-refractivity contribution in [1.29, 1.82) is 0 Å². The second kappa shape index (κ2) is 7.32. The summed E-state index contributed by atoms with van der Waals surface area (Å²) in [6.07, 6.45) is 3.03. The molecular weight excluding hydrogens is 186 g/mol. The van der Waals surface area contributed by atoms with E-state index < -0.39 is 18.6 Å². The highest BCUT2D eigenvalue weighted by Crippen LogP contribution is 1.98. The van der Waals surface area contributed by atoms with E-state index in [2.05, 4.69) is 5.32 Å². The molecule has 1 unspecified atom stereocenters. The largest absolute Gasteiger partial charge is 0.480 e. The first-order valence-electron chi connectivity index (χ1n) is 4.74. The predicted octanol–water partition coefficient (Wildman–Crippen LogP) is 0.128. The first kappa shape index (κ1) is 12.9. The highest BCUT2D eigenvalue weighted by Gasteiger charge is 2.17. The second-order valence-electron chi connectivity index (χ2n) is 3.10. The fourth-order valence-electron chi connectivity index (χ4n) is 0.988. The van der Waals surface area contributed by atoms with E-state index in [0.717, 1.165) is 19.3 Å². The number of aliphatic carboxylic acids is 1. The van der Waals surface area contributed by atoms with Crippen molar-refractivity contribution in [2.24, 2.45) is 0 Å². The molecule has 0 heterocycles. The van der Waals surface area contributed by atoms with Gasteiger partial charge in [-0.05, 0) is 6.42 Å². The lowest BCUT2D eigenvalue weighted by Crippen LogP contribution is -2.43. The van der Waals surface area contributed by atoms with Gasteiger partial charge in [-0.2, -0.15) is 0 Å². The molecular formula is C9H17NO4. The monoisotopic (exact) mass is 203 g/mol. The number of aliphatic hydroxyl groups excluding tert-OH is 1. The summed E-state index contributed by atoms with van der Waals surface area (Å²) in [4.78, 5) is 21.5. The quantitative estimate of drug-likeness (QED) is 0.513. The fourth-order valence-corrected chi connectivity index (χ4v) is 0.988. The van der Waals surface area contributed by atoms with Crippen LogP contribution in [-0.4, -0.2) is 34.7 Å². The van der Waals surface area contributed by atoms with Gasteiger partial charge in [0.05, 0.1) is 6.61 Å². The van der Waals surface area contributed by atoms with Crippen LogP contribution in [-0.2, 0) is 9.59 Å². The van der Waals surface area contributed by atoms with Crippen molar-refractivity contribution in [3.8, 4) is 0 Å². The maximum Gasteiger partial charge on any atom is 0.328 e. The van der Waals surface area contributed by atoms with Crippen LogP contribution in [0.25, 0.3) is 0 Å². The molecule has 0 saturated carbocycles. The molecule has 1 atom stereocenters. The number of carboxylic acids is 1. The van der Waals surface area contributed by atoms with Crippen molar-refractivity contribution in [3.63, 3.8) is 0 Å². The Morgan fingerprint density at radius 3 is 2.43 bits per heavy atom. The van der Waals surface area contributed by atoms with Crippen LogP contribution in [0.15, 0.2) is 0 Å². The van der Waals surface area contributed by atoms with Gasteiger partial charge >= 0.3 is 5.97 Å². The Labute approximate surface area is 83.1 Å². The zero-order valence-corrected chi connectivity index (χ0v) is 8.32. The lowest BCUT2D eigenvalue weighted by atomic mass is 10.2. The lowest BCUT2D eigenvalue weighted by molar-refractivity contribution is -0.142. The third-order valence-corrected chi connectivity index (χ3v) is 1.82. The number of carbonyl (C=O) groups excluding carboxylic acids is 1. The van der Waals surface area contributed by atoms with E-state index in [1.807, 2.05) is 6.92 Å². The van der Waals surface area contributed by atoms with E-state index >= 15 is 0 Å². The smallest absolute Gasteiger partial charge is 0.328 e. The van der Waals surface area contributed by atoms with Gasteiger partial charge in [-0.1, -0.05) is 19.8 Å². The summed E-state index contributed by atoms with van der Waals surface area (Å²) in [6, 6.07) is -1.18. The molecule has 14 heavy (non-hydrogen) atoms. The summed E-state index contributed by atoms with van der Waals surface area (Å²) in [5, 5.41) is 19.4. The molecule has 0 aromatic rings. The molecule has 0 radical (unpaired) electrons. The third kappa shape index (κ3) is 5.53. The van der Waals surface area contributed by atoms with Gasteiger partial charge in [-0.3, -0.25) is 4.79 Å². The number of unbranched alkanes of at least 4 members (excludes halogenated alkanes) is 2. The first-order valence-corrected chi connectivity index (χ1v) is 4.74. The Balaban J connectivity index is 3.74. The van der Waals surface area contributed by atoms with Gasteiger partial charge in [0.25, 0.3) is 0 Å². The summed E-state index contributed by atoms with van der Waals surface area (Å²) >= 11 is 0. The van der Waals surface area contributed by atoms with Crippen LogP contribution in [0, 0.1) is 0 Å². The van der Waals surface area contributed by atoms with Gasteiger partial charge in [-0.15, -0.1) is 0 Å². The van der Waals surface area contributed by atoms with Gasteiger partial charge in [0.2, 0.25) is 5.91 Å². The zero-order chi connectivity index (χ0) is 11.0. The molecule has 5 nitrogen and oxygen atoms in total.